The molecule has 1 aliphatic heterocycles. The van der Waals surface area contributed by atoms with Crippen LogP contribution in [0.4, 0.5) is 5.69 Å². The molecule has 1 aliphatic rings. The fraction of sp³-hybridized carbons (Fsp3) is 0.222. The van der Waals surface area contributed by atoms with Crippen molar-refractivity contribution in [3.63, 3.8) is 0 Å². The number of hydrogen-bond acceptors (Lipinski definition) is 2. The molecule has 68 valence electrons. The maximum Gasteiger partial charge on any atom is 0.182 e. The molecule has 1 heterocycles. The molecule has 0 aliphatic carbocycles. The number of nitrogens with one attached hydrogen (secondary N) is 1. The average Bonchev–Trinajstić information content (AvgIpc) is 2.48. The van der Waals surface area contributed by atoms with Crippen molar-refractivity contribution in [3.8, 4) is 0 Å². The van der Waals surface area contributed by atoms with Crippen LogP contribution in [-0.4, -0.2) is 11.7 Å². The number of benzene rings is 1. The Bertz CT molecular complexity index is 337. The Hall–Kier alpha value is -1.29. The van der Waals surface area contributed by atoms with E-state index in [1.807, 2.05) is 17.1 Å². The molecule has 0 atom stereocenters. The quantitative estimate of drug-likeness (QED) is 0.647. The van der Waals surface area contributed by atoms with Gasteiger partial charge in [0.25, 0.3) is 0 Å². The highest BCUT2D eigenvalue weighted by atomic mass is 32.1. The van der Waals surface area contributed by atoms with Crippen molar-refractivity contribution in [2.75, 3.05) is 11.6 Å². The van der Waals surface area contributed by atoms with Gasteiger partial charge in [-0.25, -0.2) is 0 Å². The number of para-hydroxylation sites is 1. The minimum absolute atomic E-state index is 0.316. The Morgan fingerprint density at radius 1 is 1.46 bits per heavy atom. The number of hydrogen-bond donors (Lipinski definition) is 2. The molecule has 0 saturated carbocycles. The van der Waals surface area contributed by atoms with E-state index in [0.717, 1.165) is 13.0 Å². The maximum atomic E-state index is 5.41. The number of anilines is 1. The summed E-state index contributed by atoms with van der Waals surface area (Å²) >= 11 is 4.79. The predicted molar refractivity (Wildman–Crippen MR) is 57.4 cm³/mol. The molecule has 1 aromatic carbocycles. The van der Waals surface area contributed by atoms with E-state index in [4.69, 9.17) is 18.0 Å². The van der Waals surface area contributed by atoms with E-state index in [1.54, 1.807) is 0 Å². The van der Waals surface area contributed by atoms with Crippen LogP contribution in [0.1, 0.15) is 5.56 Å². The van der Waals surface area contributed by atoms with Gasteiger partial charge in [0, 0.05) is 6.54 Å². The van der Waals surface area contributed by atoms with Crippen LogP contribution in [0.2, 0.25) is 0 Å². The number of fused-ring (bicyclic) bond motifs is 1. The number of nitrogens with zero attached hydrogens (tertiary/aromatic N) is 1. The summed E-state index contributed by atoms with van der Waals surface area (Å²) in [5.74, 6) is 0. The SMILES string of the molecule is NC(=S)NN1CCc2ccccc21. The summed E-state index contributed by atoms with van der Waals surface area (Å²) in [5.41, 5.74) is 10.9. The zero-order valence-electron chi connectivity index (χ0n) is 7.16. The molecule has 0 aromatic heterocycles. The van der Waals surface area contributed by atoms with Gasteiger partial charge in [-0.3, -0.25) is 10.4 Å². The highest BCUT2D eigenvalue weighted by molar-refractivity contribution is 7.80. The van der Waals surface area contributed by atoms with E-state index in [0.29, 0.717) is 5.11 Å². The molecule has 3 nitrogen and oxygen atoms in total. The summed E-state index contributed by atoms with van der Waals surface area (Å²) in [6.07, 6.45) is 1.05. The van der Waals surface area contributed by atoms with Crippen LogP contribution in [0.15, 0.2) is 24.3 Å². The van der Waals surface area contributed by atoms with Crippen molar-refractivity contribution < 1.29 is 0 Å². The molecule has 0 unspecified atom stereocenters. The minimum atomic E-state index is 0.316. The van der Waals surface area contributed by atoms with Crippen molar-refractivity contribution in [2.45, 2.75) is 6.42 Å². The highest BCUT2D eigenvalue weighted by Crippen LogP contribution is 2.25. The van der Waals surface area contributed by atoms with Crippen molar-refractivity contribution in [1.82, 2.24) is 5.43 Å². The monoisotopic (exact) mass is 193 g/mol. The van der Waals surface area contributed by atoms with Crippen molar-refractivity contribution in [2.24, 2.45) is 5.73 Å². The van der Waals surface area contributed by atoms with Crippen molar-refractivity contribution in [3.05, 3.63) is 29.8 Å². The molecule has 0 amide bonds. The van der Waals surface area contributed by atoms with E-state index in [9.17, 15) is 0 Å². The third kappa shape index (κ3) is 1.58. The molecule has 0 radical (unpaired) electrons. The Labute approximate surface area is 82.5 Å². The highest BCUT2D eigenvalue weighted by Gasteiger charge is 2.17. The second kappa shape index (κ2) is 3.22. The van der Waals surface area contributed by atoms with Gasteiger partial charge in [0.2, 0.25) is 0 Å². The molecular formula is C9H11N3S. The predicted octanol–water partition coefficient (Wildman–Crippen LogP) is 0.797. The van der Waals surface area contributed by atoms with Crippen LogP contribution in [0, 0.1) is 0 Å². The summed E-state index contributed by atoms with van der Waals surface area (Å²) in [7, 11) is 0. The fourth-order valence-electron chi connectivity index (χ4n) is 1.59. The van der Waals surface area contributed by atoms with Crippen LogP contribution in [0.5, 0.6) is 0 Å². The van der Waals surface area contributed by atoms with E-state index >= 15 is 0 Å². The average molecular weight is 193 g/mol. The van der Waals surface area contributed by atoms with Crippen molar-refractivity contribution in [1.29, 1.82) is 0 Å². The van der Waals surface area contributed by atoms with Gasteiger partial charge < -0.3 is 5.73 Å². The first-order valence-corrected chi connectivity index (χ1v) is 4.60. The van der Waals surface area contributed by atoms with E-state index in [1.165, 1.54) is 11.3 Å². The first-order chi connectivity index (χ1) is 6.27. The summed E-state index contributed by atoms with van der Waals surface area (Å²) in [5, 5.41) is 2.30. The Balaban J connectivity index is 2.23. The lowest BCUT2D eigenvalue weighted by Gasteiger charge is -2.19. The molecule has 13 heavy (non-hydrogen) atoms. The van der Waals surface area contributed by atoms with E-state index in [-0.39, 0.29) is 0 Å². The Kier molecular flexibility index (Phi) is 2.06. The first kappa shape index (κ1) is 8.31. The van der Waals surface area contributed by atoms with Gasteiger partial charge >= 0.3 is 0 Å². The van der Waals surface area contributed by atoms with E-state index in [2.05, 4.69) is 17.6 Å². The molecule has 3 N–H and O–H groups in total. The summed E-state index contributed by atoms with van der Waals surface area (Å²) < 4.78 is 0. The third-order valence-electron chi connectivity index (χ3n) is 2.13. The van der Waals surface area contributed by atoms with E-state index < -0.39 is 0 Å². The second-order valence-electron chi connectivity index (χ2n) is 3.01. The first-order valence-electron chi connectivity index (χ1n) is 4.19. The lowest BCUT2D eigenvalue weighted by molar-refractivity contribution is 0.803. The Morgan fingerprint density at radius 2 is 2.23 bits per heavy atom. The number of nitrogens with two attached hydrogens (primary N) is 1. The second-order valence-corrected chi connectivity index (χ2v) is 3.45. The zero-order chi connectivity index (χ0) is 9.26. The molecular weight excluding hydrogens is 182 g/mol. The largest absolute Gasteiger partial charge is 0.375 e. The molecule has 0 bridgehead atoms. The summed E-state index contributed by atoms with van der Waals surface area (Å²) in [4.78, 5) is 0. The Morgan fingerprint density at radius 3 is 3.00 bits per heavy atom. The van der Waals surface area contributed by atoms with Crippen LogP contribution in [0.3, 0.4) is 0 Å². The summed E-state index contributed by atoms with van der Waals surface area (Å²) in [6.45, 7) is 0.927. The van der Waals surface area contributed by atoms with Gasteiger partial charge in [0.15, 0.2) is 5.11 Å². The molecule has 0 saturated heterocycles. The van der Waals surface area contributed by atoms with Crippen molar-refractivity contribution >= 4 is 23.0 Å². The lowest BCUT2D eigenvalue weighted by atomic mass is 10.2. The standard InChI is InChI=1S/C9H11N3S/c10-9(13)11-12-6-5-7-3-1-2-4-8(7)12/h1-4H,5-6H2,(H3,10,11,13). The van der Waals surface area contributed by atoms with Gasteiger partial charge in [-0.15, -0.1) is 0 Å². The topological polar surface area (TPSA) is 41.3 Å². The number of rotatable bonds is 1. The number of hydrazine groups is 1. The minimum Gasteiger partial charge on any atom is -0.375 e. The van der Waals surface area contributed by atoms with Crippen LogP contribution >= 0.6 is 12.2 Å². The van der Waals surface area contributed by atoms with Gasteiger partial charge in [0.1, 0.15) is 0 Å². The van der Waals surface area contributed by atoms with Crippen LogP contribution in [0.25, 0.3) is 0 Å². The fourth-order valence-corrected chi connectivity index (χ4v) is 1.70. The van der Waals surface area contributed by atoms with Gasteiger partial charge in [-0.2, -0.15) is 0 Å². The summed E-state index contributed by atoms with van der Waals surface area (Å²) in [6, 6.07) is 8.24. The molecule has 0 spiro atoms. The van der Waals surface area contributed by atoms with Gasteiger partial charge in [-0.1, -0.05) is 18.2 Å². The lowest BCUT2D eigenvalue weighted by Crippen LogP contribution is -2.44. The zero-order valence-corrected chi connectivity index (χ0v) is 7.97. The molecule has 0 fully saturated rings. The van der Waals surface area contributed by atoms with Gasteiger partial charge in [-0.05, 0) is 30.3 Å². The number of thiocarbonyl (C=S) groups is 1. The maximum absolute atomic E-state index is 5.41. The molecule has 4 heteroatoms. The van der Waals surface area contributed by atoms with Crippen LogP contribution < -0.4 is 16.2 Å². The third-order valence-corrected chi connectivity index (χ3v) is 2.22. The molecule has 1 aromatic rings. The van der Waals surface area contributed by atoms with Gasteiger partial charge in [0.05, 0.1) is 5.69 Å². The molecule has 2 rings (SSSR count). The van der Waals surface area contributed by atoms with Crippen LogP contribution in [-0.2, 0) is 6.42 Å². The normalized spacial score (nSPS) is 14.0. The smallest absolute Gasteiger partial charge is 0.182 e.